The molecule has 3 aliphatic heterocycles. The van der Waals surface area contributed by atoms with E-state index in [2.05, 4.69) is 0 Å². The van der Waals surface area contributed by atoms with Crippen molar-refractivity contribution in [2.45, 2.75) is 25.0 Å². The first-order valence-corrected chi connectivity index (χ1v) is 7.86. The van der Waals surface area contributed by atoms with Crippen molar-refractivity contribution in [1.82, 2.24) is 0 Å². The molecule has 0 spiro atoms. The molecule has 2 saturated heterocycles. The molecule has 1 N–H and O–H groups in total. The molecule has 1 aromatic rings. The van der Waals surface area contributed by atoms with Gasteiger partial charge >= 0.3 is 0 Å². The van der Waals surface area contributed by atoms with Gasteiger partial charge in [-0.05, 0) is 31.5 Å². The fourth-order valence-corrected chi connectivity index (χ4v) is 4.19. The molecule has 2 bridgehead atoms. The van der Waals surface area contributed by atoms with Gasteiger partial charge in [0.1, 0.15) is 5.60 Å². The molecule has 0 aromatic heterocycles. The van der Waals surface area contributed by atoms with Gasteiger partial charge in [-0.3, -0.25) is 9.59 Å². The SMILES string of the molecule is Cc1ccc(N2C(=O)[C@@H]3[C@H](C2=O)[C@]2(C)C=C[C@]3(CO)O2)cc1Cl. The first kappa shape index (κ1) is 14.9. The molecular formula is C17H16ClNO4. The summed E-state index contributed by atoms with van der Waals surface area (Å²) in [7, 11) is 0. The molecule has 5 nitrogen and oxygen atoms in total. The van der Waals surface area contributed by atoms with Crippen LogP contribution in [0.4, 0.5) is 5.69 Å². The van der Waals surface area contributed by atoms with Gasteiger partial charge in [0.25, 0.3) is 0 Å². The number of carbonyl (C=O) groups is 2. The first-order valence-electron chi connectivity index (χ1n) is 7.48. The molecule has 0 radical (unpaired) electrons. The number of hydrogen-bond acceptors (Lipinski definition) is 4. The number of aliphatic hydroxyl groups is 1. The van der Waals surface area contributed by atoms with Crippen LogP contribution in [0.2, 0.25) is 5.02 Å². The van der Waals surface area contributed by atoms with E-state index >= 15 is 0 Å². The molecule has 4 rings (SSSR count). The van der Waals surface area contributed by atoms with Crippen LogP contribution in [0.5, 0.6) is 0 Å². The van der Waals surface area contributed by atoms with E-state index in [1.165, 1.54) is 4.90 Å². The number of rotatable bonds is 2. The predicted octanol–water partition coefficient (Wildman–Crippen LogP) is 1.84. The van der Waals surface area contributed by atoms with Crippen molar-refractivity contribution in [2.75, 3.05) is 11.5 Å². The van der Waals surface area contributed by atoms with E-state index < -0.39 is 23.0 Å². The van der Waals surface area contributed by atoms with Gasteiger partial charge in [-0.25, -0.2) is 4.90 Å². The Kier molecular flexibility index (Phi) is 2.87. The number of aliphatic hydroxyl groups excluding tert-OH is 1. The molecule has 0 unspecified atom stereocenters. The second kappa shape index (κ2) is 4.44. The standard InChI is InChI=1S/C17H16ClNO4/c1-9-3-4-10(7-11(9)18)19-14(21)12-13(15(19)22)17(8-20)6-5-16(12,2)23-17/h3-7,12-13,20H,8H2,1-2H3/t12-,13+,16+,17-/m1/s1. The Hall–Kier alpha value is -1.69. The molecular weight excluding hydrogens is 318 g/mol. The third-order valence-electron chi connectivity index (χ3n) is 5.22. The van der Waals surface area contributed by atoms with E-state index in [0.717, 1.165) is 5.56 Å². The summed E-state index contributed by atoms with van der Waals surface area (Å²) in [5, 5.41) is 10.3. The minimum atomic E-state index is -1.10. The highest BCUT2D eigenvalue weighted by atomic mass is 35.5. The molecule has 6 heteroatoms. The van der Waals surface area contributed by atoms with Crippen LogP contribution in [0.15, 0.2) is 30.4 Å². The van der Waals surface area contributed by atoms with Gasteiger partial charge in [0, 0.05) is 5.02 Å². The normalized spacial score (nSPS) is 37.8. The molecule has 3 aliphatic rings. The summed E-state index contributed by atoms with van der Waals surface area (Å²) in [6.45, 7) is 3.30. The van der Waals surface area contributed by atoms with Gasteiger partial charge in [-0.15, -0.1) is 0 Å². The Bertz CT molecular complexity index is 776. The molecule has 2 fully saturated rings. The number of halogens is 1. The van der Waals surface area contributed by atoms with Crippen LogP contribution >= 0.6 is 11.6 Å². The number of hydrogen-bond donors (Lipinski definition) is 1. The Morgan fingerprint density at radius 3 is 2.61 bits per heavy atom. The van der Waals surface area contributed by atoms with Gasteiger partial charge in [0.15, 0.2) is 0 Å². The second-order valence-corrected chi connectivity index (χ2v) is 7.04. The second-order valence-electron chi connectivity index (χ2n) is 6.63. The number of imide groups is 1. The van der Waals surface area contributed by atoms with Gasteiger partial charge in [0.2, 0.25) is 11.8 Å². The van der Waals surface area contributed by atoms with Crippen LogP contribution in [0.3, 0.4) is 0 Å². The molecule has 0 saturated carbocycles. The fraction of sp³-hybridized carbons (Fsp3) is 0.412. The number of benzene rings is 1. The van der Waals surface area contributed by atoms with Gasteiger partial charge in [0.05, 0.1) is 29.7 Å². The maximum absolute atomic E-state index is 12.9. The fourth-order valence-electron chi connectivity index (χ4n) is 4.02. The minimum absolute atomic E-state index is 0.304. The van der Waals surface area contributed by atoms with Crippen molar-refractivity contribution in [1.29, 1.82) is 0 Å². The Labute approximate surface area is 138 Å². The van der Waals surface area contributed by atoms with E-state index in [1.54, 1.807) is 37.3 Å². The first-order chi connectivity index (χ1) is 10.8. The highest BCUT2D eigenvalue weighted by molar-refractivity contribution is 6.32. The number of amides is 2. The maximum atomic E-state index is 12.9. The molecule has 3 heterocycles. The van der Waals surface area contributed by atoms with E-state index in [0.29, 0.717) is 10.7 Å². The molecule has 120 valence electrons. The summed E-state index contributed by atoms with van der Waals surface area (Å²) >= 11 is 6.13. The molecule has 4 atom stereocenters. The summed E-state index contributed by atoms with van der Waals surface area (Å²) in [4.78, 5) is 27.0. The van der Waals surface area contributed by atoms with Crippen LogP contribution in [-0.2, 0) is 14.3 Å². The van der Waals surface area contributed by atoms with Gasteiger partial charge in [-0.2, -0.15) is 0 Å². The summed E-state index contributed by atoms with van der Waals surface area (Å²) in [5.41, 5.74) is -0.627. The summed E-state index contributed by atoms with van der Waals surface area (Å²) in [5.74, 6) is -1.97. The van der Waals surface area contributed by atoms with Crippen LogP contribution in [0.1, 0.15) is 12.5 Å². The molecule has 23 heavy (non-hydrogen) atoms. The highest BCUT2D eigenvalue weighted by Crippen LogP contribution is 2.57. The predicted molar refractivity (Wildman–Crippen MR) is 84.1 cm³/mol. The molecule has 1 aromatic carbocycles. The van der Waals surface area contributed by atoms with E-state index in [9.17, 15) is 14.7 Å². The highest BCUT2D eigenvalue weighted by Gasteiger charge is 2.72. The summed E-state index contributed by atoms with van der Waals surface area (Å²) in [6.07, 6.45) is 3.49. The Morgan fingerprint density at radius 2 is 1.96 bits per heavy atom. The average molecular weight is 334 g/mol. The van der Waals surface area contributed by atoms with Gasteiger partial charge < -0.3 is 9.84 Å². The lowest BCUT2D eigenvalue weighted by molar-refractivity contribution is -0.131. The largest absolute Gasteiger partial charge is 0.393 e. The number of aryl methyl sites for hydroxylation is 1. The Morgan fingerprint density at radius 1 is 1.26 bits per heavy atom. The van der Waals surface area contributed by atoms with Crippen molar-refractivity contribution in [3.05, 3.63) is 40.9 Å². The lowest BCUT2D eigenvalue weighted by atomic mass is 9.73. The number of ether oxygens (including phenoxy) is 1. The summed E-state index contributed by atoms with van der Waals surface area (Å²) in [6, 6.07) is 5.11. The van der Waals surface area contributed by atoms with Crippen molar-refractivity contribution in [3.63, 3.8) is 0 Å². The van der Waals surface area contributed by atoms with Crippen LogP contribution < -0.4 is 4.90 Å². The van der Waals surface area contributed by atoms with Crippen molar-refractivity contribution < 1.29 is 19.4 Å². The average Bonchev–Trinajstić information content (AvgIpc) is 3.09. The topological polar surface area (TPSA) is 66.8 Å². The molecule has 2 amide bonds. The van der Waals surface area contributed by atoms with Crippen LogP contribution in [0.25, 0.3) is 0 Å². The monoisotopic (exact) mass is 333 g/mol. The zero-order chi connectivity index (χ0) is 16.6. The van der Waals surface area contributed by atoms with E-state index in [4.69, 9.17) is 16.3 Å². The quantitative estimate of drug-likeness (QED) is 0.662. The van der Waals surface area contributed by atoms with Crippen molar-refractivity contribution in [3.8, 4) is 0 Å². The zero-order valence-electron chi connectivity index (χ0n) is 12.7. The lowest BCUT2D eigenvalue weighted by Crippen LogP contribution is -2.43. The van der Waals surface area contributed by atoms with Crippen molar-refractivity contribution in [2.24, 2.45) is 11.8 Å². The van der Waals surface area contributed by atoms with E-state index in [-0.39, 0.29) is 18.4 Å². The van der Waals surface area contributed by atoms with Crippen molar-refractivity contribution >= 4 is 29.1 Å². The molecule has 0 aliphatic carbocycles. The third-order valence-corrected chi connectivity index (χ3v) is 5.62. The van der Waals surface area contributed by atoms with Crippen LogP contribution in [-0.4, -0.2) is 34.7 Å². The number of nitrogens with zero attached hydrogens (tertiary/aromatic N) is 1. The van der Waals surface area contributed by atoms with E-state index in [1.807, 2.05) is 6.92 Å². The minimum Gasteiger partial charge on any atom is -0.393 e. The summed E-state index contributed by atoms with van der Waals surface area (Å²) < 4.78 is 5.88. The number of carbonyl (C=O) groups excluding carboxylic acids is 2. The number of anilines is 1. The third kappa shape index (κ3) is 1.70. The Balaban J connectivity index is 1.81. The zero-order valence-corrected chi connectivity index (χ0v) is 13.5. The smallest absolute Gasteiger partial charge is 0.241 e. The van der Waals surface area contributed by atoms with Gasteiger partial charge in [-0.1, -0.05) is 29.8 Å². The maximum Gasteiger partial charge on any atom is 0.241 e. The van der Waals surface area contributed by atoms with Crippen LogP contribution in [0, 0.1) is 18.8 Å². The number of fused-ring (bicyclic) bond motifs is 5. The lowest BCUT2D eigenvalue weighted by Gasteiger charge is -2.27.